The van der Waals surface area contributed by atoms with E-state index < -0.39 is 10.0 Å². The molecular formula is C25H27ClN2O4S. The highest BCUT2D eigenvalue weighted by Gasteiger charge is 2.32. The lowest BCUT2D eigenvalue weighted by Gasteiger charge is -2.37. The Kier molecular flexibility index (Phi) is 6.45. The van der Waals surface area contributed by atoms with Gasteiger partial charge in [-0.25, -0.2) is 12.7 Å². The average Bonchev–Trinajstić information content (AvgIpc) is 2.79. The van der Waals surface area contributed by atoms with Gasteiger partial charge in [0.2, 0.25) is 10.0 Å². The molecule has 3 aromatic carbocycles. The highest BCUT2D eigenvalue weighted by Crippen LogP contribution is 2.45. The van der Waals surface area contributed by atoms with Crippen LogP contribution in [-0.4, -0.2) is 41.5 Å². The highest BCUT2D eigenvalue weighted by atomic mass is 35.5. The molecule has 1 aliphatic heterocycles. The van der Waals surface area contributed by atoms with Crippen molar-refractivity contribution in [2.75, 3.05) is 36.2 Å². The van der Waals surface area contributed by atoms with Gasteiger partial charge in [0, 0.05) is 29.7 Å². The van der Waals surface area contributed by atoms with Crippen LogP contribution in [0.2, 0.25) is 5.02 Å². The third kappa shape index (κ3) is 4.61. The minimum absolute atomic E-state index is 0.0602. The number of fused-ring (bicyclic) bond motifs is 1. The molecule has 174 valence electrons. The molecular weight excluding hydrogens is 460 g/mol. The summed E-state index contributed by atoms with van der Waals surface area (Å²) in [5, 5.41) is 0.530. The molecule has 1 atom stereocenters. The molecule has 1 heterocycles. The first kappa shape index (κ1) is 23.3. The monoisotopic (exact) mass is 486 g/mol. The Morgan fingerprint density at radius 2 is 1.73 bits per heavy atom. The van der Waals surface area contributed by atoms with E-state index in [4.69, 9.17) is 21.1 Å². The van der Waals surface area contributed by atoms with Crippen LogP contribution in [0.15, 0.2) is 60.7 Å². The van der Waals surface area contributed by atoms with Gasteiger partial charge in [-0.2, -0.15) is 0 Å². The Morgan fingerprint density at radius 3 is 2.36 bits per heavy atom. The van der Waals surface area contributed by atoms with E-state index in [1.165, 1.54) is 16.1 Å². The Hall–Kier alpha value is -2.90. The second-order valence-corrected chi connectivity index (χ2v) is 10.4. The molecule has 0 unspecified atom stereocenters. The Bertz CT molecular complexity index is 1260. The minimum atomic E-state index is -3.66. The van der Waals surface area contributed by atoms with Gasteiger partial charge in [0.15, 0.2) is 5.75 Å². The molecule has 0 radical (unpaired) electrons. The lowest BCUT2D eigenvalue weighted by Crippen LogP contribution is -2.41. The van der Waals surface area contributed by atoms with Crippen molar-refractivity contribution >= 4 is 38.7 Å². The van der Waals surface area contributed by atoms with Gasteiger partial charge in [0.25, 0.3) is 0 Å². The Balaban J connectivity index is 1.78. The van der Waals surface area contributed by atoms with E-state index in [-0.39, 0.29) is 6.04 Å². The van der Waals surface area contributed by atoms with Crippen LogP contribution in [0.1, 0.15) is 11.1 Å². The quantitative estimate of drug-likeness (QED) is 0.479. The summed E-state index contributed by atoms with van der Waals surface area (Å²) < 4.78 is 38.9. The Morgan fingerprint density at radius 1 is 1.03 bits per heavy atom. The molecule has 1 aliphatic rings. The maximum atomic E-state index is 12.9. The lowest BCUT2D eigenvalue weighted by molar-refractivity contribution is 0.255. The van der Waals surface area contributed by atoms with Crippen LogP contribution in [0.3, 0.4) is 0 Å². The van der Waals surface area contributed by atoms with Gasteiger partial charge in [-0.1, -0.05) is 29.8 Å². The van der Waals surface area contributed by atoms with Crippen molar-refractivity contribution in [3.05, 3.63) is 76.8 Å². The van der Waals surface area contributed by atoms with Crippen LogP contribution in [-0.2, 0) is 16.4 Å². The van der Waals surface area contributed by atoms with Gasteiger partial charge in [0.1, 0.15) is 12.4 Å². The predicted molar refractivity (Wildman–Crippen MR) is 134 cm³/mol. The van der Waals surface area contributed by atoms with E-state index in [2.05, 4.69) is 24.0 Å². The van der Waals surface area contributed by atoms with E-state index in [1.54, 1.807) is 43.5 Å². The van der Waals surface area contributed by atoms with Crippen molar-refractivity contribution in [1.82, 2.24) is 0 Å². The number of para-hydroxylation sites is 1. The van der Waals surface area contributed by atoms with Gasteiger partial charge in [-0.05, 0) is 55.0 Å². The van der Waals surface area contributed by atoms with Crippen LogP contribution in [0, 0.1) is 6.92 Å². The largest absolute Gasteiger partial charge is 0.496 e. The molecule has 0 fully saturated rings. The van der Waals surface area contributed by atoms with Crippen LogP contribution in [0.5, 0.6) is 11.5 Å². The predicted octanol–water partition coefficient (Wildman–Crippen LogP) is 5.19. The number of halogens is 1. The molecule has 6 nitrogen and oxygen atoms in total. The maximum Gasteiger partial charge on any atom is 0.236 e. The van der Waals surface area contributed by atoms with Crippen molar-refractivity contribution in [3.63, 3.8) is 0 Å². The molecule has 4 rings (SSSR count). The summed E-state index contributed by atoms with van der Waals surface area (Å²) in [6.45, 7) is 2.49. The van der Waals surface area contributed by atoms with Gasteiger partial charge in [-0.3, -0.25) is 0 Å². The molecule has 0 amide bonds. The second kappa shape index (κ2) is 9.15. The number of likely N-dealkylation sites (N-methyl/N-ethyl adjacent to an activating group) is 1. The fourth-order valence-corrected chi connectivity index (χ4v) is 5.40. The first-order valence-corrected chi connectivity index (χ1v) is 12.8. The molecule has 8 heteroatoms. The maximum absolute atomic E-state index is 12.9. The molecule has 3 aromatic rings. The highest BCUT2D eigenvalue weighted by molar-refractivity contribution is 7.92. The summed E-state index contributed by atoms with van der Waals surface area (Å²) in [6, 6.07) is 18.5. The summed E-state index contributed by atoms with van der Waals surface area (Å²) >= 11 is 6.03. The standard InChI is InChI=1S/C25H27ClN2O4S/c1-17-7-5-6-8-22(17)27(2)20-15-21-24(31-3)14-13-23(25(21)32-16-20)28(33(4,29)30)19-11-9-18(26)10-12-19/h5-14,20H,15-16H2,1-4H3/t20-/m1/s1. The summed E-state index contributed by atoms with van der Waals surface area (Å²) in [5.74, 6) is 1.19. The van der Waals surface area contributed by atoms with E-state index in [0.29, 0.717) is 40.9 Å². The molecule has 0 saturated carbocycles. The average molecular weight is 487 g/mol. The molecule has 0 bridgehead atoms. The van der Waals surface area contributed by atoms with Crippen LogP contribution in [0.4, 0.5) is 17.1 Å². The fraction of sp³-hybridized carbons (Fsp3) is 0.280. The smallest absolute Gasteiger partial charge is 0.236 e. The first-order valence-electron chi connectivity index (χ1n) is 10.6. The van der Waals surface area contributed by atoms with E-state index >= 15 is 0 Å². The number of benzene rings is 3. The molecule has 0 N–H and O–H groups in total. The summed E-state index contributed by atoms with van der Waals surface area (Å²) in [7, 11) is 0.00205. The van der Waals surface area contributed by atoms with E-state index in [1.807, 2.05) is 19.2 Å². The fourth-order valence-electron chi connectivity index (χ4n) is 4.27. The number of aryl methyl sites for hydroxylation is 1. The number of rotatable bonds is 6. The zero-order valence-electron chi connectivity index (χ0n) is 19.1. The van der Waals surface area contributed by atoms with Crippen LogP contribution >= 0.6 is 11.6 Å². The normalized spacial score (nSPS) is 15.4. The van der Waals surface area contributed by atoms with Gasteiger partial charge in [-0.15, -0.1) is 0 Å². The number of nitrogens with zero attached hydrogens (tertiary/aromatic N) is 2. The molecule has 0 aliphatic carbocycles. The number of sulfonamides is 1. The number of anilines is 3. The third-order valence-corrected chi connectivity index (χ3v) is 7.25. The van der Waals surface area contributed by atoms with Crippen molar-refractivity contribution < 1.29 is 17.9 Å². The minimum Gasteiger partial charge on any atom is -0.496 e. The van der Waals surface area contributed by atoms with Crippen molar-refractivity contribution in [2.24, 2.45) is 0 Å². The zero-order chi connectivity index (χ0) is 23.8. The van der Waals surface area contributed by atoms with Crippen molar-refractivity contribution in [2.45, 2.75) is 19.4 Å². The summed E-state index contributed by atoms with van der Waals surface area (Å²) in [6.07, 6.45) is 1.82. The van der Waals surface area contributed by atoms with Gasteiger partial charge >= 0.3 is 0 Å². The number of hydrogen-bond donors (Lipinski definition) is 0. The summed E-state index contributed by atoms with van der Waals surface area (Å²) in [4.78, 5) is 2.21. The zero-order valence-corrected chi connectivity index (χ0v) is 20.7. The number of methoxy groups -OCH3 is 1. The van der Waals surface area contributed by atoms with Gasteiger partial charge < -0.3 is 14.4 Å². The molecule has 33 heavy (non-hydrogen) atoms. The Labute approximate surface area is 200 Å². The SMILES string of the molecule is COc1ccc(N(c2ccc(Cl)cc2)S(C)(=O)=O)c2c1C[C@@H](N(C)c1ccccc1C)CO2. The van der Waals surface area contributed by atoms with E-state index in [0.717, 1.165) is 11.3 Å². The molecule has 0 saturated heterocycles. The molecule has 0 aromatic heterocycles. The second-order valence-electron chi connectivity index (χ2n) is 8.16. The number of ether oxygens (including phenoxy) is 2. The van der Waals surface area contributed by atoms with Gasteiger partial charge in [0.05, 0.1) is 30.8 Å². The topological polar surface area (TPSA) is 59.1 Å². The van der Waals surface area contributed by atoms with Crippen LogP contribution < -0.4 is 18.7 Å². The number of hydrogen-bond acceptors (Lipinski definition) is 5. The van der Waals surface area contributed by atoms with E-state index in [9.17, 15) is 8.42 Å². The molecule has 0 spiro atoms. The summed E-state index contributed by atoms with van der Waals surface area (Å²) in [5.41, 5.74) is 4.08. The van der Waals surface area contributed by atoms with Crippen LogP contribution in [0.25, 0.3) is 0 Å². The van der Waals surface area contributed by atoms with Crippen molar-refractivity contribution in [3.8, 4) is 11.5 Å². The lowest BCUT2D eigenvalue weighted by atomic mass is 9.98. The van der Waals surface area contributed by atoms with Crippen molar-refractivity contribution in [1.29, 1.82) is 0 Å². The third-order valence-electron chi connectivity index (χ3n) is 5.93. The first-order chi connectivity index (χ1) is 15.7.